The van der Waals surface area contributed by atoms with E-state index in [4.69, 9.17) is 14.6 Å². The standard InChI is InChI=1S/C12H13BrF2O5/c1-18-9-3-7(8(13)4-10(9)19-2)12(14,15)6-20-5-11(16)17/h3-4H,5-6H2,1-2H3,(H,16,17). The van der Waals surface area contributed by atoms with Crippen molar-refractivity contribution in [2.75, 3.05) is 27.4 Å². The van der Waals surface area contributed by atoms with E-state index in [9.17, 15) is 13.6 Å². The Hall–Kier alpha value is -1.41. The third-order valence-corrected chi connectivity index (χ3v) is 3.03. The molecule has 1 rings (SSSR count). The Morgan fingerprint density at radius 1 is 1.30 bits per heavy atom. The Bertz CT molecular complexity index is 493. The number of aliphatic carboxylic acids is 1. The molecule has 0 radical (unpaired) electrons. The molecule has 20 heavy (non-hydrogen) atoms. The lowest BCUT2D eigenvalue weighted by Gasteiger charge is -2.19. The van der Waals surface area contributed by atoms with E-state index in [1.807, 2.05) is 0 Å². The van der Waals surface area contributed by atoms with Crippen LogP contribution in [0.15, 0.2) is 16.6 Å². The molecule has 0 unspecified atom stereocenters. The van der Waals surface area contributed by atoms with Crippen LogP contribution in [0, 0.1) is 0 Å². The van der Waals surface area contributed by atoms with Gasteiger partial charge in [0.1, 0.15) is 13.2 Å². The smallest absolute Gasteiger partial charge is 0.329 e. The molecule has 8 heteroatoms. The molecule has 0 atom stereocenters. The lowest BCUT2D eigenvalue weighted by molar-refractivity contribution is -0.147. The van der Waals surface area contributed by atoms with Crippen molar-refractivity contribution < 1.29 is 32.9 Å². The van der Waals surface area contributed by atoms with Gasteiger partial charge in [-0.3, -0.25) is 0 Å². The van der Waals surface area contributed by atoms with Crippen molar-refractivity contribution in [3.05, 3.63) is 22.2 Å². The van der Waals surface area contributed by atoms with Crippen molar-refractivity contribution in [1.29, 1.82) is 0 Å². The second-order valence-corrected chi connectivity index (χ2v) is 4.63. The number of ether oxygens (including phenoxy) is 3. The summed E-state index contributed by atoms with van der Waals surface area (Å²) in [6.07, 6.45) is 0. The largest absolute Gasteiger partial charge is 0.493 e. The summed E-state index contributed by atoms with van der Waals surface area (Å²) in [5.41, 5.74) is -0.375. The van der Waals surface area contributed by atoms with Crippen molar-refractivity contribution >= 4 is 21.9 Å². The van der Waals surface area contributed by atoms with Gasteiger partial charge < -0.3 is 19.3 Å². The third kappa shape index (κ3) is 4.04. The Labute approximate surface area is 122 Å². The molecular formula is C12H13BrF2O5. The Morgan fingerprint density at radius 2 is 1.85 bits per heavy atom. The second kappa shape index (κ2) is 6.85. The van der Waals surface area contributed by atoms with E-state index < -0.39 is 25.1 Å². The maximum atomic E-state index is 14.0. The van der Waals surface area contributed by atoms with Crippen LogP contribution >= 0.6 is 15.9 Å². The van der Waals surface area contributed by atoms with E-state index in [0.29, 0.717) is 5.75 Å². The SMILES string of the molecule is COc1cc(Br)c(C(F)(F)COCC(=O)O)cc1OC. The molecule has 0 saturated heterocycles. The predicted molar refractivity (Wildman–Crippen MR) is 69.6 cm³/mol. The van der Waals surface area contributed by atoms with Gasteiger partial charge in [-0.25, -0.2) is 4.79 Å². The van der Waals surface area contributed by atoms with Gasteiger partial charge in [0.15, 0.2) is 11.5 Å². The van der Waals surface area contributed by atoms with Gasteiger partial charge in [-0.1, -0.05) is 15.9 Å². The Balaban J connectivity index is 3.01. The van der Waals surface area contributed by atoms with E-state index >= 15 is 0 Å². The summed E-state index contributed by atoms with van der Waals surface area (Å²) in [5, 5.41) is 8.37. The number of carbonyl (C=O) groups is 1. The summed E-state index contributed by atoms with van der Waals surface area (Å²) >= 11 is 3.02. The van der Waals surface area contributed by atoms with Crippen LogP contribution in [0.1, 0.15) is 5.56 Å². The maximum Gasteiger partial charge on any atom is 0.329 e. The number of alkyl halides is 2. The van der Waals surface area contributed by atoms with E-state index in [2.05, 4.69) is 20.7 Å². The minimum absolute atomic E-state index is 0.110. The Morgan fingerprint density at radius 3 is 2.35 bits per heavy atom. The molecule has 5 nitrogen and oxygen atoms in total. The monoisotopic (exact) mass is 354 g/mol. The summed E-state index contributed by atoms with van der Waals surface area (Å²) in [5.74, 6) is -4.24. The van der Waals surface area contributed by atoms with E-state index in [0.717, 1.165) is 6.07 Å². The highest BCUT2D eigenvalue weighted by molar-refractivity contribution is 9.10. The first-order valence-electron chi connectivity index (χ1n) is 5.41. The molecule has 0 fully saturated rings. The minimum atomic E-state index is -3.37. The molecule has 1 aromatic carbocycles. The summed E-state index contributed by atoms with van der Waals surface area (Å²) in [4.78, 5) is 10.3. The fourth-order valence-corrected chi connectivity index (χ4v) is 2.09. The second-order valence-electron chi connectivity index (χ2n) is 3.78. The van der Waals surface area contributed by atoms with Gasteiger partial charge >= 0.3 is 5.97 Å². The molecule has 0 aliphatic rings. The minimum Gasteiger partial charge on any atom is -0.493 e. The maximum absolute atomic E-state index is 14.0. The summed E-state index contributed by atoms with van der Waals surface area (Å²) < 4.78 is 42.5. The molecule has 0 heterocycles. The van der Waals surface area contributed by atoms with Crippen LogP contribution in [0.4, 0.5) is 8.78 Å². The van der Waals surface area contributed by atoms with E-state index in [1.54, 1.807) is 0 Å². The molecule has 0 amide bonds. The number of methoxy groups -OCH3 is 2. The molecule has 1 aromatic rings. The molecular weight excluding hydrogens is 342 g/mol. The van der Waals surface area contributed by atoms with Gasteiger partial charge in [0.2, 0.25) is 0 Å². The Kier molecular flexibility index (Phi) is 5.70. The van der Waals surface area contributed by atoms with Crippen LogP contribution in [0.3, 0.4) is 0 Å². The number of halogens is 3. The van der Waals surface area contributed by atoms with Gasteiger partial charge in [0.25, 0.3) is 5.92 Å². The molecule has 0 aliphatic carbocycles. The van der Waals surface area contributed by atoms with Gasteiger partial charge in [-0.2, -0.15) is 8.78 Å². The van der Waals surface area contributed by atoms with Gasteiger partial charge in [-0.15, -0.1) is 0 Å². The predicted octanol–water partition coefficient (Wildman–Crippen LogP) is 2.66. The zero-order valence-corrected chi connectivity index (χ0v) is 12.4. The van der Waals surface area contributed by atoms with Crippen LogP contribution in [0.25, 0.3) is 0 Å². The first-order valence-corrected chi connectivity index (χ1v) is 6.20. The van der Waals surface area contributed by atoms with Crippen molar-refractivity contribution in [2.45, 2.75) is 5.92 Å². The van der Waals surface area contributed by atoms with Crippen molar-refractivity contribution in [3.8, 4) is 11.5 Å². The highest BCUT2D eigenvalue weighted by Gasteiger charge is 2.35. The number of carboxylic acid groups (broad SMARTS) is 1. The van der Waals surface area contributed by atoms with Gasteiger partial charge in [-0.05, 0) is 12.1 Å². The van der Waals surface area contributed by atoms with E-state index in [-0.39, 0.29) is 15.8 Å². The van der Waals surface area contributed by atoms with E-state index in [1.165, 1.54) is 20.3 Å². The summed E-state index contributed by atoms with van der Waals surface area (Å²) in [7, 11) is 2.71. The first kappa shape index (κ1) is 16.6. The average Bonchev–Trinajstić information content (AvgIpc) is 2.37. The lowest BCUT2D eigenvalue weighted by atomic mass is 10.1. The molecule has 0 spiro atoms. The fourth-order valence-electron chi connectivity index (χ4n) is 1.48. The number of hydrogen-bond acceptors (Lipinski definition) is 4. The topological polar surface area (TPSA) is 65.0 Å². The van der Waals surface area contributed by atoms with Gasteiger partial charge in [0.05, 0.1) is 14.2 Å². The highest BCUT2D eigenvalue weighted by Crippen LogP contribution is 2.40. The zero-order chi connectivity index (χ0) is 15.3. The molecule has 0 aliphatic heterocycles. The van der Waals surface area contributed by atoms with Crippen LogP contribution in [-0.2, 0) is 15.5 Å². The number of hydrogen-bond donors (Lipinski definition) is 1. The quantitative estimate of drug-likeness (QED) is 0.815. The van der Waals surface area contributed by atoms with Crippen LogP contribution in [0.2, 0.25) is 0 Å². The normalized spacial score (nSPS) is 11.2. The highest BCUT2D eigenvalue weighted by atomic mass is 79.9. The van der Waals surface area contributed by atoms with Crippen molar-refractivity contribution in [1.82, 2.24) is 0 Å². The number of benzene rings is 1. The van der Waals surface area contributed by atoms with Crippen LogP contribution < -0.4 is 9.47 Å². The van der Waals surface area contributed by atoms with Crippen LogP contribution in [-0.4, -0.2) is 38.5 Å². The number of rotatable bonds is 7. The average molecular weight is 355 g/mol. The molecule has 1 N–H and O–H groups in total. The lowest BCUT2D eigenvalue weighted by Crippen LogP contribution is -2.24. The van der Waals surface area contributed by atoms with Crippen molar-refractivity contribution in [3.63, 3.8) is 0 Å². The summed E-state index contributed by atoms with van der Waals surface area (Å²) in [6.45, 7) is -1.84. The molecule has 112 valence electrons. The molecule has 0 saturated carbocycles. The number of carboxylic acids is 1. The third-order valence-electron chi connectivity index (χ3n) is 2.38. The summed E-state index contributed by atoms with van der Waals surface area (Å²) in [6, 6.07) is 2.46. The van der Waals surface area contributed by atoms with Crippen molar-refractivity contribution in [2.24, 2.45) is 0 Å². The molecule has 0 aromatic heterocycles. The first-order chi connectivity index (χ1) is 9.31. The van der Waals surface area contributed by atoms with Crippen LogP contribution in [0.5, 0.6) is 11.5 Å². The van der Waals surface area contributed by atoms with Gasteiger partial charge in [0, 0.05) is 10.0 Å². The fraction of sp³-hybridized carbons (Fsp3) is 0.417. The molecule has 0 bridgehead atoms. The zero-order valence-electron chi connectivity index (χ0n) is 10.8.